The van der Waals surface area contributed by atoms with Crippen molar-refractivity contribution in [2.75, 3.05) is 7.11 Å². The zero-order valence-electron chi connectivity index (χ0n) is 13.5. The zero-order chi connectivity index (χ0) is 16.1. The van der Waals surface area contributed by atoms with Gasteiger partial charge < -0.3 is 4.74 Å². The van der Waals surface area contributed by atoms with Crippen molar-refractivity contribution in [2.45, 2.75) is 27.2 Å². The summed E-state index contributed by atoms with van der Waals surface area (Å²) in [5.74, 6) is 6.15. The highest BCUT2D eigenvalue weighted by Gasteiger charge is 2.12. The van der Waals surface area contributed by atoms with Crippen LogP contribution >= 0.6 is 0 Å². The monoisotopic (exact) mass is 292 g/mol. The molecule has 0 fully saturated rings. The Labute approximate surface area is 132 Å². The lowest BCUT2D eigenvalue weighted by Gasteiger charge is -2.09. The Bertz CT molecular complexity index is 761. The Kier molecular flexibility index (Phi) is 5.01. The molecule has 0 radical (unpaired) electrons. The molecule has 0 aliphatic carbocycles. The van der Waals surface area contributed by atoms with E-state index in [-0.39, 0.29) is 5.97 Å². The Hall–Kier alpha value is -2.53. The molecule has 2 rings (SSSR count). The van der Waals surface area contributed by atoms with Gasteiger partial charge in [0.25, 0.3) is 0 Å². The number of rotatable bonds is 2. The van der Waals surface area contributed by atoms with E-state index in [1.54, 1.807) is 0 Å². The summed E-state index contributed by atoms with van der Waals surface area (Å²) in [6, 6.07) is 11.9. The van der Waals surface area contributed by atoms with Crippen LogP contribution in [0.15, 0.2) is 36.4 Å². The maximum Gasteiger partial charge on any atom is 0.338 e. The second-order valence-corrected chi connectivity index (χ2v) is 5.23. The normalized spacial score (nSPS) is 9.82. The molecule has 0 unspecified atom stereocenters. The molecule has 0 aromatic heterocycles. The third kappa shape index (κ3) is 3.38. The molecule has 2 aromatic rings. The summed E-state index contributed by atoms with van der Waals surface area (Å²) in [6.07, 6.45) is 0.768. The zero-order valence-corrected chi connectivity index (χ0v) is 13.5. The second kappa shape index (κ2) is 6.95. The number of hydrogen-bond acceptors (Lipinski definition) is 2. The van der Waals surface area contributed by atoms with Gasteiger partial charge in [-0.2, -0.15) is 0 Å². The van der Waals surface area contributed by atoms with Gasteiger partial charge in [0.05, 0.1) is 12.7 Å². The Balaban J connectivity index is 2.46. The molecular formula is C20H20O2. The summed E-state index contributed by atoms with van der Waals surface area (Å²) in [7, 11) is 1.41. The van der Waals surface area contributed by atoms with E-state index >= 15 is 0 Å². The molecule has 22 heavy (non-hydrogen) atoms. The number of carbonyl (C=O) groups excluding carboxylic acids is 1. The summed E-state index contributed by atoms with van der Waals surface area (Å²) in [4.78, 5) is 11.8. The van der Waals surface area contributed by atoms with E-state index in [0.717, 1.165) is 34.2 Å². The minimum absolute atomic E-state index is 0.293. The maximum absolute atomic E-state index is 11.8. The molecular weight excluding hydrogens is 272 g/mol. The number of benzene rings is 2. The first-order valence-corrected chi connectivity index (χ1v) is 7.36. The van der Waals surface area contributed by atoms with Crippen LogP contribution in [-0.4, -0.2) is 13.1 Å². The quantitative estimate of drug-likeness (QED) is 0.616. The molecule has 0 aliphatic rings. The molecule has 0 spiro atoms. The van der Waals surface area contributed by atoms with E-state index in [0.29, 0.717) is 5.56 Å². The lowest BCUT2D eigenvalue weighted by atomic mass is 9.97. The van der Waals surface area contributed by atoms with E-state index < -0.39 is 0 Å². The van der Waals surface area contributed by atoms with Gasteiger partial charge in [0.15, 0.2) is 0 Å². The topological polar surface area (TPSA) is 26.3 Å². The predicted octanol–water partition coefficient (Wildman–Crippen LogP) is 4.05. The van der Waals surface area contributed by atoms with E-state index in [1.807, 2.05) is 44.2 Å². The summed E-state index contributed by atoms with van der Waals surface area (Å²) in [5.41, 5.74) is 5.72. The van der Waals surface area contributed by atoms with Crippen LogP contribution < -0.4 is 0 Å². The van der Waals surface area contributed by atoms with Gasteiger partial charge in [0, 0.05) is 11.1 Å². The molecule has 0 amide bonds. The molecule has 0 atom stereocenters. The van der Waals surface area contributed by atoms with Gasteiger partial charge >= 0.3 is 5.97 Å². The Morgan fingerprint density at radius 1 is 1.05 bits per heavy atom. The number of methoxy groups -OCH3 is 1. The van der Waals surface area contributed by atoms with Crippen LogP contribution in [0.4, 0.5) is 0 Å². The average molecular weight is 292 g/mol. The minimum atomic E-state index is -0.293. The second-order valence-electron chi connectivity index (χ2n) is 5.23. The lowest BCUT2D eigenvalue weighted by Crippen LogP contribution is -2.06. The van der Waals surface area contributed by atoms with Gasteiger partial charge in [-0.25, -0.2) is 4.79 Å². The highest BCUT2D eigenvalue weighted by atomic mass is 16.5. The van der Waals surface area contributed by atoms with E-state index in [2.05, 4.69) is 24.8 Å². The standard InChI is InChI=1S/C20H20O2/c1-5-16-13-18(15(3)12-19(16)20(21)22-4)11-10-17-9-7-6-8-14(17)2/h6-9,12-13H,5H2,1-4H3. The van der Waals surface area contributed by atoms with Crippen molar-refractivity contribution in [1.29, 1.82) is 0 Å². The third-order valence-electron chi connectivity index (χ3n) is 3.71. The molecule has 2 aromatic carbocycles. The summed E-state index contributed by atoms with van der Waals surface area (Å²) in [6.45, 7) is 6.04. The first kappa shape index (κ1) is 15.9. The fourth-order valence-corrected chi connectivity index (χ4v) is 2.33. The van der Waals surface area contributed by atoms with Gasteiger partial charge in [-0.15, -0.1) is 0 Å². The predicted molar refractivity (Wildman–Crippen MR) is 89.1 cm³/mol. The van der Waals surface area contributed by atoms with Crippen LogP contribution in [0, 0.1) is 25.7 Å². The van der Waals surface area contributed by atoms with Crippen molar-refractivity contribution in [3.8, 4) is 11.8 Å². The molecule has 0 saturated heterocycles. The average Bonchev–Trinajstić information content (AvgIpc) is 2.54. The minimum Gasteiger partial charge on any atom is -0.465 e. The van der Waals surface area contributed by atoms with Crippen molar-refractivity contribution >= 4 is 5.97 Å². The van der Waals surface area contributed by atoms with E-state index in [9.17, 15) is 4.79 Å². The molecule has 2 heteroatoms. The smallest absolute Gasteiger partial charge is 0.338 e. The highest BCUT2D eigenvalue weighted by Crippen LogP contribution is 2.18. The van der Waals surface area contributed by atoms with Crippen LogP contribution in [0.1, 0.15) is 45.1 Å². The lowest BCUT2D eigenvalue weighted by molar-refractivity contribution is 0.0599. The van der Waals surface area contributed by atoms with Crippen molar-refractivity contribution in [3.63, 3.8) is 0 Å². The van der Waals surface area contributed by atoms with Crippen LogP contribution in [-0.2, 0) is 11.2 Å². The maximum atomic E-state index is 11.8. The van der Waals surface area contributed by atoms with Gasteiger partial charge in [-0.3, -0.25) is 0 Å². The van der Waals surface area contributed by atoms with E-state index in [4.69, 9.17) is 4.74 Å². The Morgan fingerprint density at radius 2 is 1.73 bits per heavy atom. The number of hydrogen-bond donors (Lipinski definition) is 0. The van der Waals surface area contributed by atoms with Crippen molar-refractivity contribution in [1.82, 2.24) is 0 Å². The van der Waals surface area contributed by atoms with Gasteiger partial charge in [-0.1, -0.05) is 37.0 Å². The highest BCUT2D eigenvalue weighted by molar-refractivity contribution is 5.91. The fraction of sp³-hybridized carbons (Fsp3) is 0.250. The van der Waals surface area contributed by atoms with Crippen LogP contribution in [0.5, 0.6) is 0 Å². The first-order valence-electron chi connectivity index (χ1n) is 7.36. The molecule has 0 aliphatic heterocycles. The van der Waals surface area contributed by atoms with E-state index in [1.165, 1.54) is 7.11 Å². The van der Waals surface area contributed by atoms with Gasteiger partial charge in [-0.05, 0) is 55.2 Å². The van der Waals surface area contributed by atoms with Crippen LogP contribution in [0.2, 0.25) is 0 Å². The molecule has 112 valence electrons. The summed E-state index contributed by atoms with van der Waals surface area (Å²) >= 11 is 0. The first-order chi connectivity index (χ1) is 10.6. The van der Waals surface area contributed by atoms with Crippen LogP contribution in [0.3, 0.4) is 0 Å². The van der Waals surface area contributed by atoms with Crippen molar-refractivity contribution in [2.24, 2.45) is 0 Å². The molecule has 2 nitrogen and oxygen atoms in total. The van der Waals surface area contributed by atoms with Crippen molar-refractivity contribution in [3.05, 3.63) is 69.8 Å². The number of ether oxygens (including phenoxy) is 1. The summed E-state index contributed by atoms with van der Waals surface area (Å²) < 4.78 is 4.84. The molecule has 0 bridgehead atoms. The SMILES string of the molecule is CCc1cc(C#Cc2ccccc2C)c(C)cc1C(=O)OC. The number of esters is 1. The Morgan fingerprint density at radius 3 is 2.36 bits per heavy atom. The third-order valence-corrected chi connectivity index (χ3v) is 3.71. The van der Waals surface area contributed by atoms with Crippen LogP contribution in [0.25, 0.3) is 0 Å². The van der Waals surface area contributed by atoms with Gasteiger partial charge in [0.1, 0.15) is 0 Å². The molecule has 0 saturated carbocycles. The number of aryl methyl sites for hydroxylation is 3. The van der Waals surface area contributed by atoms with Gasteiger partial charge in [0.2, 0.25) is 0 Å². The molecule has 0 N–H and O–H groups in total. The largest absolute Gasteiger partial charge is 0.465 e. The fourth-order valence-electron chi connectivity index (χ4n) is 2.33. The molecule has 0 heterocycles. The summed E-state index contributed by atoms with van der Waals surface area (Å²) in [5, 5.41) is 0. The number of carbonyl (C=O) groups is 1. The van der Waals surface area contributed by atoms with Crippen molar-refractivity contribution < 1.29 is 9.53 Å².